The van der Waals surface area contributed by atoms with Gasteiger partial charge in [-0.3, -0.25) is 9.48 Å². The lowest BCUT2D eigenvalue weighted by Gasteiger charge is -2.23. The summed E-state index contributed by atoms with van der Waals surface area (Å²) >= 11 is 0. The van der Waals surface area contributed by atoms with E-state index in [2.05, 4.69) is 41.5 Å². The molecule has 210 valence electrons. The number of Topliss-reactive ketones (excluding diaryl/α,β-unsaturated/α-hetero) is 1. The summed E-state index contributed by atoms with van der Waals surface area (Å²) in [6.45, 7) is 3.30. The van der Waals surface area contributed by atoms with Gasteiger partial charge in [0, 0.05) is 38.0 Å². The van der Waals surface area contributed by atoms with Crippen LogP contribution in [-0.4, -0.2) is 60.4 Å². The number of fused-ring (bicyclic) bond motifs is 1. The molecular weight excluding hydrogens is 525 g/mol. The van der Waals surface area contributed by atoms with Crippen LogP contribution in [0.2, 0.25) is 0 Å². The fourth-order valence-electron chi connectivity index (χ4n) is 4.63. The molecule has 0 saturated carbocycles. The molecule has 10 nitrogen and oxygen atoms in total. The Balaban J connectivity index is 1.38. The van der Waals surface area contributed by atoms with Crippen molar-refractivity contribution >= 4 is 17.4 Å². The molecule has 1 aliphatic heterocycles. The molecular formula is C27H29F3N8O2. The van der Waals surface area contributed by atoms with Crippen molar-refractivity contribution in [1.29, 1.82) is 0 Å². The lowest BCUT2D eigenvalue weighted by molar-refractivity contribution is -0.186. The maximum absolute atomic E-state index is 13.4. The Morgan fingerprint density at radius 3 is 2.70 bits per heavy atom. The normalized spacial score (nSPS) is 16.4. The zero-order valence-electron chi connectivity index (χ0n) is 22.5. The van der Waals surface area contributed by atoms with Crippen molar-refractivity contribution in [1.82, 2.24) is 34.8 Å². The minimum atomic E-state index is -4.60. The second kappa shape index (κ2) is 10.5. The first-order valence-electron chi connectivity index (χ1n) is 12.7. The molecule has 0 spiro atoms. The monoisotopic (exact) mass is 554 g/mol. The first-order chi connectivity index (χ1) is 18.9. The van der Waals surface area contributed by atoms with Crippen LogP contribution < -0.4 is 5.32 Å². The summed E-state index contributed by atoms with van der Waals surface area (Å²) in [5.74, 6) is -1.24. The minimum absolute atomic E-state index is 0.0426. The molecule has 1 unspecified atom stereocenters. The molecule has 13 heteroatoms. The predicted molar refractivity (Wildman–Crippen MR) is 140 cm³/mol. The van der Waals surface area contributed by atoms with Gasteiger partial charge in [-0.05, 0) is 63.0 Å². The van der Waals surface area contributed by atoms with Gasteiger partial charge in [-0.15, -0.1) is 10.2 Å². The van der Waals surface area contributed by atoms with Crippen molar-refractivity contribution in [3.8, 4) is 11.3 Å². The van der Waals surface area contributed by atoms with Crippen molar-refractivity contribution in [2.45, 2.75) is 50.7 Å². The average Bonchev–Trinajstić information content (AvgIpc) is 3.52. The summed E-state index contributed by atoms with van der Waals surface area (Å²) < 4.78 is 47.1. The molecule has 0 radical (unpaired) electrons. The maximum atomic E-state index is 13.4. The highest BCUT2D eigenvalue weighted by Crippen LogP contribution is 2.40. The van der Waals surface area contributed by atoms with Crippen LogP contribution in [0, 0.1) is 0 Å². The summed E-state index contributed by atoms with van der Waals surface area (Å²) in [6.07, 6.45) is 1.32. The molecule has 1 atom stereocenters. The molecule has 40 heavy (non-hydrogen) atoms. The number of aryl methyl sites for hydroxylation is 1. The summed E-state index contributed by atoms with van der Waals surface area (Å²) in [5.41, 5.74) is 2.08. The number of hydrogen-bond donors (Lipinski definition) is 1. The van der Waals surface area contributed by atoms with Gasteiger partial charge < -0.3 is 14.6 Å². The van der Waals surface area contributed by atoms with Gasteiger partial charge >= 0.3 is 6.18 Å². The van der Waals surface area contributed by atoms with E-state index in [1.54, 1.807) is 17.1 Å². The molecule has 1 aliphatic rings. The number of carbonyl (C=O) groups excluding carboxylic acids is 1. The standard InChI is InChI=1S/C27H29F3N8O2/c1-26(2,27(28,29)30)24-36-35-23(40-24)22(39)12-16-8-10-37(3)14-18-11-17(5-6-20(16)18)21-7-9-31-25(34-21)33-19-13-32-38(4)15-19/h5-7,9,11,13,15-16H,8,10,12,14H2,1-4H3,(H,31,33,34). The van der Waals surface area contributed by atoms with Crippen LogP contribution in [0.25, 0.3) is 11.3 Å². The van der Waals surface area contributed by atoms with E-state index in [-0.39, 0.29) is 12.3 Å². The number of rotatable bonds is 7. The number of carbonyl (C=O) groups is 1. The van der Waals surface area contributed by atoms with Crippen LogP contribution >= 0.6 is 0 Å². The smallest absolute Gasteiger partial charge is 0.402 e. The van der Waals surface area contributed by atoms with Gasteiger partial charge in [-0.25, -0.2) is 9.97 Å². The maximum Gasteiger partial charge on any atom is 0.402 e. The zero-order valence-corrected chi connectivity index (χ0v) is 22.5. The fraction of sp³-hybridized carbons (Fsp3) is 0.407. The quantitative estimate of drug-likeness (QED) is 0.314. The fourth-order valence-corrected chi connectivity index (χ4v) is 4.63. The minimum Gasteiger partial charge on any atom is -0.417 e. The van der Waals surface area contributed by atoms with E-state index < -0.39 is 29.2 Å². The van der Waals surface area contributed by atoms with Gasteiger partial charge in [0.2, 0.25) is 17.6 Å². The Hall–Kier alpha value is -4.13. The summed E-state index contributed by atoms with van der Waals surface area (Å²) in [7, 11) is 3.83. The number of aromatic nitrogens is 6. The van der Waals surface area contributed by atoms with Crippen LogP contribution in [0.3, 0.4) is 0 Å². The third kappa shape index (κ3) is 5.60. The van der Waals surface area contributed by atoms with E-state index in [1.165, 1.54) is 0 Å². The topological polar surface area (TPSA) is 115 Å². The summed E-state index contributed by atoms with van der Waals surface area (Å²) in [5, 5.41) is 14.5. The number of hydrogen-bond acceptors (Lipinski definition) is 9. The van der Waals surface area contributed by atoms with E-state index in [1.807, 2.05) is 38.5 Å². The Morgan fingerprint density at radius 2 is 1.98 bits per heavy atom. The molecule has 0 aliphatic carbocycles. The van der Waals surface area contributed by atoms with Crippen LogP contribution in [0.5, 0.6) is 0 Å². The third-order valence-electron chi connectivity index (χ3n) is 7.13. The molecule has 1 aromatic carbocycles. The second-order valence-electron chi connectivity index (χ2n) is 10.6. The largest absolute Gasteiger partial charge is 0.417 e. The van der Waals surface area contributed by atoms with E-state index in [0.29, 0.717) is 18.9 Å². The molecule has 3 aromatic heterocycles. The number of nitrogens with one attached hydrogen (secondary N) is 1. The third-order valence-corrected chi connectivity index (χ3v) is 7.13. The first kappa shape index (κ1) is 27.4. The van der Waals surface area contributed by atoms with Gasteiger partial charge in [0.25, 0.3) is 5.89 Å². The molecule has 0 bridgehead atoms. The highest BCUT2D eigenvalue weighted by molar-refractivity contribution is 5.92. The highest BCUT2D eigenvalue weighted by atomic mass is 19.4. The van der Waals surface area contributed by atoms with Crippen molar-refractivity contribution in [3.63, 3.8) is 0 Å². The van der Waals surface area contributed by atoms with Crippen LogP contribution in [0.1, 0.15) is 60.3 Å². The van der Waals surface area contributed by atoms with Crippen molar-refractivity contribution < 1.29 is 22.4 Å². The summed E-state index contributed by atoms with van der Waals surface area (Å²) in [4.78, 5) is 24.2. The van der Waals surface area contributed by atoms with Gasteiger partial charge in [0.15, 0.2) is 0 Å². The molecule has 0 amide bonds. The van der Waals surface area contributed by atoms with Crippen molar-refractivity contribution in [3.05, 3.63) is 65.8 Å². The van der Waals surface area contributed by atoms with Crippen molar-refractivity contribution in [2.75, 3.05) is 18.9 Å². The number of benzene rings is 1. The molecule has 4 aromatic rings. The SMILES string of the molecule is CN1CCC(CC(=O)c2nnc(C(C)(C)C(F)(F)F)o2)c2ccc(-c3ccnc(Nc4cnn(C)c4)n3)cc2C1. The van der Waals surface area contributed by atoms with E-state index >= 15 is 0 Å². The molecule has 4 heterocycles. The Kier molecular flexibility index (Phi) is 7.17. The van der Waals surface area contributed by atoms with Gasteiger partial charge in [-0.1, -0.05) is 12.1 Å². The lowest BCUT2D eigenvalue weighted by atomic mass is 9.87. The summed E-state index contributed by atoms with van der Waals surface area (Å²) in [6, 6.07) is 7.83. The molecule has 0 fully saturated rings. The van der Waals surface area contributed by atoms with E-state index in [4.69, 9.17) is 4.42 Å². The zero-order chi connectivity index (χ0) is 28.7. The average molecular weight is 555 g/mol. The van der Waals surface area contributed by atoms with Gasteiger partial charge in [0.05, 0.1) is 17.6 Å². The van der Waals surface area contributed by atoms with Crippen molar-refractivity contribution in [2.24, 2.45) is 7.05 Å². The van der Waals surface area contributed by atoms with Crippen LogP contribution in [0.4, 0.5) is 24.8 Å². The number of anilines is 2. The molecule has 5 rings (SSSR count). The predicted octanol–water partition coefficient (Wildman–Crippen LogP) is 5.04. The number of halogens is 3. The van der Waals surface area contributed by atoms with Gasteiger partial charge in [-0.2, -0.15) is 18.3 Å². The van der Waals surface area contributed by atoms with Gasteiger partial charge in [0.1, 0.15) is 5.41 Å². The lowest BCUT2D eigenvalue weighted by Crippen LogP contribution is -2.36. The Labute approximate surface area is 228 Å². The second-order valence-corrected chi connectivity index (χ2v) is 10.6. The molecule has 1 N–H and O–H groups in total. The number of ketones is 1. The Morgan fingerprint density at radius 1 is 1.18 bits per heavy atom. The Bertz CT molecular complexity index is 1530. The van der Waals surface area contributed by atoms with E-state index in [0.717, 1.165) is 48.5 Å². The highest BCUT2D eigenvalue weighted by Gasteiger charge is 2.52. The molecule has 0 saturated heterocycles. The van der Waals surface area contributed by atoms with Crippen LogP contribution in [-0.2, 0) is 19.0 Å². The van der Waals surface area contributed by atoms with E-state index in [9.17, 15) is 18.0 Å². The van der Waals surface area contributed by atoms with Crippen LogP contribution in [0.15, 0.2) is 47.3 Å². The number of alkyl halides is 3. The first-order valence-corrected chi connectivity index (χ1v) is 12.7. The number of nitrogens with zero attached hydrogens (tertiary/aromatic N) is 7.